The van der Waals surface area contributed by atoms with Crippen LogP contribution < -0.4 is 15.6 Å². The molecule has 1 amide bonds. The predicted molar refractivity (Wildman–Crippen MR) is 119 cm³/mol. The molecule has 30 heavy (non-hydrogen) atoms. The SMILES string of the molecule is COc1cccc(C2(NC(=O)CCn3cnc4sc(C)c(C)c4c3=O)CCCC2)c1. The van der Waals surface area contributed by atoms with Crippen molar-refractivity contribution in [3.8, 4) is 5.75 Å². The number of nitrogens with one attached hydrogen (secondary N) is 1. The van der Waals surface area contributed by atoms with E-state index in [1.807, 2.05) is 32.0 Å². The molecule has 158 valence electrons. The summed E-state index contributed by atoms with van der Waals surface area (Å²) >= 11 is 1.53. The molecule has 0 atom stereocenters. The van der Waals surface area contributed by atoms with Gasteiger partial charge in [-0.15, -0.1) is 11.3 Å². The zero-order valence-corrected chi connectivity index (χ0v) is 18.5. The summed E-state index contributed by atoms with van der Waals surface area (Å²) in [5.74, 6) is 0.741. The van der Waals surface area contributed by atoms with Crippen LogP contribution >= 0.6 is 11.3 Å². The first-order valence-corrected chi connectivity index (χ1v) is 11.2. The maximum absolute atomic E-state index is 12.9. The van der Waals surface area contributed by atoms with Crippen molar-refractivity contribution >= 4 is 27.5 Å². The van der Waals surface area contributed by atoms with E-state index in [2.05, 4.69) is 16.4 Å². The van der Waals surface area contributed by atoms with Crippen LogP contribution in [0.15, 0.2) is 35.4 Å². The number of hydrogen-bond acceptors (Lipinski definition) is 5. The molecule has 4 rings (SSSR count). The minimum atomic E-state index is -0.361. The lowest BCUT2D eigenvalue weighted by Crippen LogP contribution is -2.44. The highest BCUT2D eigenvalue weighted by Crippen LogP contribution is 2.39. The number of aromatic nitrogens is 2. The van der Waals surface area contributed by atoms with Crippen molar-refractivity contribution in [2.24, 2.45) is 0 Å². The standard InChI is InChI=1S/C23H27N3O3S/c1-15-16(2)30-21-20(15)22(28)26(14-24-21)12-9-19(27)25-23(10-4-5-11-23)17-7-6-8-18(13-17)29-3/h6-8,13-14H,4-5,9-12H2,1-3H3,(H,25,27). The van der Waals surface area contributed by atoms with E-state index < -0.39 is 0 Å². The lowest BCUT2D eigenvalue weighted by molar-refractivity contribution is -0.123. The van der Waals surface area contributed by atoms with Gasteiger partial charge >= 0.3 is 0 Å². The van der Waals surface area contributed by atoms with E-state index in [1.54, 1.807) is 18.0 Å². The molecule has 0 bridgehead atoms. The molecule has 0 unspecified atom stereocenters. The molecule has 0 radical (unpaired) electrons. The number of fused-ring (bicyclic) bond motifs is 1. The Kier molecular flexibility index (Phi) is 5.64. The van der Waals surface area contributed by atoms with Crippen LogP contribution in [0.5, 0.6) is 5.75 Å². The van der Waals surface area contributed by atoms with Gasteiger partial charge in [-0.2, -0.15) is 0 Å². The molecule has 3 aromatic rings. The van der Waals surface area contributed by atoms with E-state index in [1.165, 1.54) is 11.3 Å². The number of methoxy groups -OCH3 is 1. The molecule has 1 aromatic carbocycles. The fourth-order valence-electron chi connectivity index (χ4n) is 4.37. The number of carbonyl (C=O) groups is 1. The molecule has 7 heteroatoms. The van der Waals surface area contributed by atoms with Crippen LogP contribution in [0.1, 0.15) is 48.1 Å². The molecule has 2 heterocycles. The number of rotatable bonds is 6. The van der Waals surface area contributed by atoms with E-state index in [9.17, 15) is 9.59 Å². The summed E-state index contributed by atoms with van der Waals surface area (Å²) in [4.78, 5) is 32.0. The van der Waals surface area contributed by atoms with Crippen LogP contribution in [0.3, 0.4) is 0 Å². The van der Waals surface area contributed by atoms with Crippen molar-refractivity contribution in [3.63, 3.8) is 0 Å². The average Bonchev–Trinajstić information content (AvgIpc) is 3.33. The number of benzene rings is 1. The molecule has 1 aliphatic rings. The van der Waals surface area contributed by atoms with E-state index in [-0.39, 0.29) is 23.4 Å². The third-order valence-corrected chi connectivity index (χ3v) is 7.31. The van der Waals surface area contributed by atoms with Gasteiger partial charge in [-0.3, -0.25) is 14.2 Å². The Balaban J connectivity index is 1.51. The minimum absolute atomic E-state index is 0.0510. The van der Waals surface area contributed by atoms with Gasteiger partial charge in [0.2, 0.25) is 5.91 Å². The van der Waals surface area contributed by atoms with Crippen molar-refractivity contribution in [2.75, 3.05) is 7.11 Å². The van der Waals surface area contributed by atoms with E-state index >= 15 is 0 Å². The zero-order chi connectivity index (χ0) is 21.3. The molecule has 1 aliphatic carbocycles. The molecule has 1 saturated carbocycles. The number of aryl methyl sites for hydroxylation is 3. The highest BCUT2D eigenvalue weighted by molar-refractivity contribution is 7.18. The van der Waals surface area contributed by atoms with Crippen molar-refractivity contribution in [1.82, 2.24) is 14.9 Å². The fourth-order valence-corrected chi connectivity index (χ4v) is 5.35. The summed E-state index contributed by atoms with van der Waals surface area (Å²) in [5, 5.41) is 3.94. The molecular formula is C23H27N3O3S. The van der Waals surface area contributed by atoms with Gasteiger partial charge in [0.15, 0.2) is 0 Å². The summed E-state index contributed by atoms with van der Waals surface area (Å²) < 4.78 is 6.92. The molecule has 1 N–H and O–H groups in total. The van der Waals surface area contributed by atoms with Crippen molar-refractivity contribution in [3.05, 3.63) is 57.0 Å². The summed E-state index contributed by atoms with van der Waals surface area (Å²) in [6.07, 6.45) is 5.77. The number of ether oxygens (including phenoxy) is 1. The van der Waals surface area contributed by atoms with E-state index in [0.29, 0.717) is 11.9 Å². The van der Waals surface area contributed by atoms with Crippen LogP contribution in [0.25, 0.3) is 10.2 Å². The second-order valence-corrected chi connectivity index (χ2v) is 9.23. The Labute approximate surface area is 179 Å². The van der Waals surface area contributed by atoms with Crippen molar-refractivity contribution in [1.29, 1.82) is 0 Å². The molecule has 6 nitrogen and oxygen atoms in total. The smallest absolute Gasteiger partial charge is 0.262 e. The highest BCUT2D eigenvalue weighted by atomic mass is 32.1. The lowest BCUT2D eigenvalue weighted by Gasteiger charge is -2.31. The highest BCUT2D eigenvalue weighted by Gasteiger charge is 2.37. The quantitative estimate of drug-likeness (QED) is 0.646. The van der Waals surface area contributed by atoms with Gasteiger partial charge in [0.1, 0.15) is 10.6 Å². The molecule has 0 spiro atoms. The van der Waals surface area contributed by atoms with Crippen LogP contribution in [0, 0.1) is 13.8 Å². The summed E-state index contributed by atoms with van der Waals surface area (Å²) in [6, 6.07) is 7.94. The normalized spacial score (nSPS) is 15.4. The third kappa shape index (κ3) is 3.74. The van der Waals surface area contributed by atoms with Gasteiger partial charge in [-0.1, -0.05) is 25.0 Å². The Morgan fingerprint density at radius 2 is 2.07 bits per heavy atom. The fraction of sp³-hybridized carbons (Fsp3) is 0.435. The monoisotopic (exact) mass is 425 g/mol. The van der Waals surface area contributed by atoms with Crippen molar-refractivity contribution < 1.29 is 9.53 Å². The van der Waals surface area contributed by atoms with Crippen LogP contribution in [-0.4, -0.2) is 22.6 Å². The average molecular weight is 426 g/mol. The number of carbonyl (C=O) groups excluding carboxylic acids is 1. The van der Waals surface area contributed by atoms with Gasteiger partial charge in [-0.25, -0.2) is 4.98 Å². The summed E-state index contributed by atoms with van der Waals surface area (Å²) in [5.41, 5.74) is 1.63. The number of thiophene rings is 1. The first-order valence-electron chi connectivity index (χ1n) is 10.3. The summed E-state index contributed by atoms with van der Waals surface area (Å²) in [6.45, 7) is 4.26. The van der Waals surface area contributed by atoms with Gasteiger partial charge in [-0.05, 0) is 49.9 Å². The Hall–Kier alpha value is -2.67. The lowest BCUT2D eigenvalue weighted by atomic mass is 9.87. The maximum Gasteiger partial charge on any atom is 0.262 e. The van der Waals surface area contributed by atoms with Gasteiger partial charge < -0.3 is 10.1 Å². The number of hydrogen-bond donors (Lipinski definition) is 1. The van der Waals surface area contributed by atoms with E-state index in [0.717, 1.165) is 52.3 Å². The minimum Gasteiger partial charge on any atom is -0.497 e. The first-order chi connectivity index (χ1) is 14.4. The second-order valence-electron chi connectivity index (χ2n) is 8.03. The van der Waals surface area contributed by atoms with Crippen LogP contribution in [0.2, 0.25) is 0 Å². The predicted octanol–water partition coefficient (Wildman–Crippen LogP) is 4.06. The third-order valence-electron chi connectivity index (χ3n) is 6.19. The Morgan fingerprint density at radius 1 is 1.30 bits per heavy atom. The number of nitrogens with zero attached hydrogens (tertiary/aromatic N) is 2. The maximum atomic E-state index is 12.9. The van der Waals surface area contributed by atoms with Gasteiger partial charge in [0.25, 0.3) is 5.56 Å². The van der Waals surface area contributed by atoms with Gasteiger partial charge in [0, 0.05) is 17.8 Å². The zero-order valence-electron chi connectivity index (χ0n) is 17.7. The number of amides is 1. The molecule has 1 fully saturated rings. The van der Waals surface area contributed by atoms with E-state index in [4.69, 9.17) is 4.74 Å². The molecule has 0 aliphatic heterocycles. The molecule has 0 saturated heterocycles. The first kappa shape index (κ1) is 20.6. The second kappa shape index (κ2) is 8.22. The molecular weight excluding hydrogens is 398 g/mol. The van der Waals surface area contributed by atoms with Crippen LogP contribution in [-0.2, 0) is 16.9 Å². The van der Waals surface area contributed by atoms with Crippen LogP contribution in [0.4, 0.5) is 0 Å². The Morgan fingerprint density at radius 3 is 2.80 bits per heavy atom. The topological polar surface area (TPSA) is 73.2 Å². The van der Waals surface area contributed by atoms with Crippen molar-refractivity contribution in [2.45, 2.75) is 58.0 Å². The Bertz CT molecular complexity index is 1140. The largest absolute Gasteiger partial charge is 0.497 e. The molecule has 2 aromatic heterocycles. The summed E-state index contributed by atoms with van der Waals surface area (Å²) in [7, 11) is 1.65. The van der Waals surface area contributed by atoms with Gasteiger partial charge in [0.05, 0.1) is 24.4 Å².